The number of hydrogen-bond acceptors (Lipinski definition) is 1. The lowest BCUT2D eigenvalue weighted by Gasteiger charge is -2.25. The molecule has 1 aromatic heterocycles. The Morgan fingerprint density at radius 1 is 1.27 bits per heavy atom. The molecule has 0 aliphatic heterocycles. The topological polar surface area (TPSA) is 12.9 Å². The molecule has 0 saturated heterocycles. The summed E-state index contributed by atoms with van der Waals surface area (Å²) in [5.74, 6) is 1.22. The van der Waals surface area contributed by atoms with E-state index in [0.29, 0.717) is 10.7 Å². The summed E-state index contributed by atoms with van der Waals surface area (Å²) in [5.41, 5.74) is 1.19. The fourth-order valence-corrected chi connectivity index (χ4v) is 2.97. The van der Waals surface area contributed by atoms with Crippen molar-refractivity contribution in [1.82, 2.24) is 4.98 Å². The third-order valence-electron chi connectivity index (χ3n) is 3.13. The zero-order chi connectivity index (χ0) is 11.3. The minimum absolute atomic E-state index is 0.482. The van der Waals surface area contributed by atoms with Crippen LogP contribution >= 0.6 is 15.9 Å². The Hall–Kier alpha value is -0.370. The molecule has 2 unspecified atom stereocenters. The maximum absolute atomic E-state index is 4.42. The number of aromatic nitrogens is 1. The highest BCUT2D eigenvalue weighted by atomic mass is 79.9. The molecule has 1 aromatic rings. The van der Waals surface area contributed by atoms with Crippen LogP contribution in [0.5, 0.6) is 0 Å². The van der Waals surface area contributed by atoms with Crippen molar-refractivity contribution in [3.05, 3.63) is 30.1 Å². The molecule has 0 fully saturated rings. The van der Waals surface area contributed by atoms with Gasteiger partial charge >= 0.3 is 0 Å². The number of halogens is 1. The summed E-state index contributed by atoms with van der Waals surface area (Å²) in [7, 11) is 0. The second kappa shape index (κ2) is 6.26. The van der Waals surface area contributed by atoms with Crippen LogP contribution in [0.25, 0.3) is 0 Å². The van der Waals surface area contributed by atoms with E-state index in [4.69, 9.17) is 0 Å². The van der Waals surface area contributed by atoms with Gasteiger partial charge in [0.2, 0.25) is 0 Å². The minimum atomic E-state index is 0.482. The average molecular weight is 270 g/mol. The van der Waals surface area contributed by atoms with Crippen LogP contribution in [-0.4, -0.2) is 9.81 Å². The first-order chi connectivity index (χ1) is 7.20. The van der Waals surface area contributed by atoms with Crippen LogP contribution in [0.1, 0.15) is 45.2 Å². The summed E-state index contributed by atoms with van der Waals surface area (Å²) in [6.45, 7) is 6.77. The van der Waals surface area contributed by atoms with E-state index < -0.39 is 0 Å². The monoisotopic (exact) mass is 269 g/mol. The molecule has 0 saturated carbocycles. The third-order valence-corrected chi connectivity index (χ3v) is 4.67. The standard InChI is InChI=1S/C13H20BrN/c1-4-11(5-2)13(14)10(3)12-8-6-7-9-15-12/h6-11,13H,4-5H2,1-3H3. The number of nitrogens with zero attached hydrogens (tertiary/aromatic N) is 1. The van der Waals surface area contributed by atoms with E-state index in [1.165, 1.54) is 18.5 Å². The average Bonchev–Trinajstić information content (AvgIpc) is 2.30. The molecule has 1 nitrogen and oxygen atoms in total. The molecule has 0 aliphatic rings. The Balaban J connectivity index is 2.71. The van der Waals surface area contributed by atoms with Gasteiger partial charge in [0.25, 0.3) is 0 Å². The van der Waals surface area contributed by atoms with Crippen LogP contribution in [0.4, 0.5) is 0 Å². The molecule has 2 atom stereocenters. The molecule has 15 heavy (non-hydrogen) atoms. The Morgan fingerprint density at radius 2 is 1.93 bits per heavy atom. The molecule has 0 aromatic carbocycles. The number of hydrogen-bond donors (Lipinski definition) is 0. The van der Waals surface area contributed by atoms with Crippen molar-refractivity contribution in [3.63, 3.8) is 0 Å². The van der Waals surface area contributed by atoms with Crippen molar-refractivity contribution >= 4 is 15.9 Å². The second-order valence-corrected chi connectivity index (χ2v) is 5.12. The Kier molecular flexibility index (Phi) is 5.30. The molecule has 0 amide bonds. The fourth-order valence-electron chi connectivity index (χ4n) is 1.96. The van der Waals surface area contributed by atoms with Crippen molar-refractivity contribution in [2.75, 3.05) is 0 Å². The van der Waals surface area contributed by atoms with Crippen LogP contribution in [0.3, 0.4) is 0 Å². The van der Waals surface area contributed by atoms with Crippen LogP contribution in [0.15, 0.2) is 24.4 Å². The van der Waals surface area contributed by atoms with Crippen LogP contribution in [0, 0.1) is 5.92 Å². The molecule has 1 rings (SSSR count). The van der Waals surface area contributed by atoms with Gasteiger partial charge in [-0.3, -0.25) is 4.98 Å². The molecule has 0 aliphatic carbocycles. The lowest BCUT2D eigenvalue weighted by atomic mass is 9.89. The van der Waals surface area contributed by atoms with Crippen molar-refractivity contribution in [2.45, 2.75) is 44.4 Å². The predicted molar refractivity (Wildman–Crippen MR) is 69.4 cm³/mol. The molecule has 84 valence electrons. The van der Waals surface area contributed by atoms with Crippen molar-refractivity contribution in [3.8, 4) is 0 Å². The highest BCUT2D eigenvalue weighted by molar-refractivity contribution is 9.09. The summed E-state index contributed by atoms with van der Waals surface area (Å²) in [6, 6.07) is 6.14. The van der Waals surface area contributed by atoms with E-state index in [1.807, 2.05) is 12.3 Å². The van der Waals surface area contributed by atoms with Crippen molar-refractivity contribution in [2.24, 2.45) is 5.92 Å². The Morgan fingerprint density at radius 3 is 2.40 bits per heavy atom. The van der Waals surface area contributed by atoms with Crippen molar-refractivity contribution < 1.29 is 0 Å². The van der Waals surface area contributed by atoms with Gasteiger partial charge in [0, 0.05) is 22.6 Å². The minimum Gasteiger partial charge on any atom is -0.261 e. The number of alkyl halides is 1. The summed E-state index contributed by atoms with van der Waals surface area (Å²) < 4.78 is 0. The Labute approximate surface area is 101 Å². The fraction of sp³-hybridized carbons (Fsp3) is 0.615. The van der Waals surface area contributed by atoms with Crippen molar-refractivity contribution in [1.29, 1.82) is 0 Å². The van der Waals surface area contributed by atoms with Gasteiger partial charge in [0.05, 0.1) is 0 Å². The molecule has 0 radical (unpaired) electrons. The molecule has 2 heteroatoms. The van der Waals surface area contributed by atoms with Crippen LogP contribution in [-0.2, 0) is 0 Å². The summed E-state index contributed by atoms with van der Waals surface area (Å²) in [5, 5.41) is 0. The van der Waals surface area contributed by atoms with E-state index in [2.05, 4.69) is 53.8 Å². The van der Waals surface area contributed by atoms with Gasteiger partial charge in [0.1, 0.15) is 0 Å². The lowest BCUT2D eigenvalue weighted by Crippen LogP contribution is -2.20. The zero-order valence-electron chi connectivity index (χ0n) is 9.78. The number of pyridine rings is 1. The summed E-state index contributed by atoms with van der Waals surface area (Å²) in [4.78, 5) is 4.95. The van der Waals surface area contributed by atoms with Gasteiger partial charge in [-0.15, -0.1) is 0 Å². The second-order valence-electron chi connectivity index (χ2n) is 4.06. The molecular weight excluding hydrogens is 250 g/mol. The zero-order valence-corrected chi connectivity index (χ0v) is 11.4. The smallest absolute Gasteiger partial charge is 0.0442 e. The van der Waals surface area contributed by atoms with E-state index >= 15 is 0 Å². The van der Waals surface area contributed by atoms with Gasteiger partial charge in [0.15, 0.2) is 0 Å². The molecule has 1 heterocycles. The first-order valence-corrected chi connectivity index (χ1v) is 6.67. The van der Waals surface area contributed by atoms with E-state index in [-0.39, 0.29) is 0 Å². The third kappa shape index (κ3) is 3.30. The molecule has 0 spiro atoms. The predicted octanol–water partition coefficient (Wildman–Crippen LogP) is 4.38. The van der Waals surface area contributed by atoms with Crippen LogP contribution in [0.2, 0.25) is 0 Å². The molecule has 0 N–H and O–H groups in total. The van der Waals surface area contributed by atoms with Gasteiger partial charge in [-0.2, -0.15) is 0 Å². The highest BCUT2D eigenvalue weighted by Crippen LogP contribution is 2.32. The van der Waals surface area contributed by atoms with E-state index in [0.717, 1.165) is 5.92 Å². The highest BCUT2D eigenvalue weighted by Gasteiger charge is 2.23. The van der Waals surface area contributed by atoms with E-state index in [9.17, 15) is 0 Å². The first-order valence-electron chi connectivity index (χ1n) is 5.75. The maximum atomic E-state index is 4.42. The Bertz CT molecular complexity index is 269. The quantitative estimate of drug-likeness (QED) is 0.723. The van der Waals surface area contributed by atoms with Gasteiger partial charge in [-0.05, 0) is 18.1 Å². The van der Waals surface area contributed by atoms with E-state index in [1.54, 1.807) is 0 Å². The van der Waals surface area contributed by atoms with Gasteiger partial charge in [-0.25, -0.2) is 0 Å². The first kappa shape index (κ1) is 12.7. The summed E-state index contributed by atoms with van der Waals surface area (Å²) in [6.07, 6.45) is 4.33. The van der Waals surface area contributed by atoms with Crippen LogP contribution < -0.4 is 0 Å². The maximum Gasteiger partial charge on any atom is 0.0442 e. The SMILES string of the molecule is CCC(CC)C(Br)C(C)c1ccccn1. The molecular formula is C13H20BrN. The molecule has 0 bridgehead atoms. The van der Waals surface area contributed by atoms with Gasteiger partial charge in [-0.1, -0.05) is 55.6 Å². The summed E-state index contributed by atoms with van der Waals surface area (Å²) >= 11 is 3.83. The lowest BCUT2D eigenvalue weighted by molar-refractivity contribution is 0.439. The van der Waals surface area contributed by atoms with Gasteiger partial charge < -0.3 is 0 Å². The largest absolute Gasteiger partial charge is 0.261 e. The normalized spacial score (nSPS) is 15.3. The number of rotatable bonds is 5.